The highest BCUT2D eigenvalue weighted by atomic mass is 19.4. The van der Waals surface area contributed by atoms with E-state index in [1.807, 2.05) is 0 Å². The second-order valence-corrected chi connectivity index (χ2v) is 5.83. The molecular weight excluding hydrogens is 418 g/mol. The molecule has 1 radical (unpaired) electrons. The molecule has 30 heavy (non-hydrogen) atoms. The van der Waals surface area contributed by atoms with Crippen LogP contribution in [0.25, 0.3) is 11.1 Å². The van der Waals surface area contributed by atoms with Crippen molar-refractivity contribution in [3.8, 4) is 39.9 Å². The molecule has 157 valence electrons. The molecule has 0 saturated carbocycles. The van der Waals surface area contributed by atoms with Crippen LogP contribution in [0.15, 0.2) is 66.7 Å². The van der Waals surface area contributed by atoms with Crippen LogP contribution in [0.4, 0.5) is 26.3 Å². The monoisotopic (exact) mass is 429 g/mol. The predicted octanol–water partition coefficient (Wildman–Crippen LogP) is 7.09. The average molecular weight is 429 g/mol. The van der Waals surface area contributed by atoms with Gasteiger partial charge in [-0.15, -0.1) is 26.3 Å². The number of hydrogen-bond acceptors (Lipinski definition) is 3. The molecule has 3 aromatic rings. The second-order valence-electron chi connectivity index (χ2n) is 5.83. The van der Waals surface area contributed by atoms with E-state index in [0.717, 1.165) is 12.1 Å². The molecule has 0 unspecified atom stereocenters. The minimum atomic E-state index is -5.18. The summed E-state index contributed by atoms with van der Waals surface area (Å²) in [4.78, 5) is 0. The highest BCUT2D eigenvalue weighted by Gasteiger charge is 2.35. The van der Waals surface area contributed by atoms with Gasteiger partial charge >= 0.3 is 12.7 Å². The van der Waals surface area contributed by atoms with Gasteiger partial charge in [-0.3, -0.25) is 5.11 Å². The smallest absolute Gasteiger partial charge is 0.453 e. The summed E-state index contributed by atoms with van der Waals surface area (Å²) < 4.78 is 87.9. The Morgan fingerprint density at radius 2 is 1.33 bits per heavy atom. The van der Waals surface area contributed by atoms with Gasteiger partial charge in [-0.25, -0.2) is 0 Å². The fourth-order valence-electron chi connectivity index (χ4n) is 2.53. The lowest BCUT2D eigenvalue weighted by molar-refractivity contribution is -0.276. The molecule has 0 spiro atoms. The number of alkyl halides is 6. The fraction of sp³-hybridized carbons (Fsp3) is 0.100. The van der Waals surface area contributed by atoms with Gasteiger partial charge in [0.05, 0.1) is 0 Å². The second kappa shape index (κ2) is 8.05. The maximum absolute atomic E-state index is 12.7. The van der Waals surface area contributed by atoms with Crippen LogP contribution in [0.1, 0.15) is 0 Å². The molecule has 0 aliphatic rings. The van der Waals surface area contributed by atoms with Crippen LogP contribution >= 0.6 is 0 Å². The van der Waals surface area contributed by atoms with Crippen LogP contribution in [0.2, 0.25) is 0 Å². The van der Waals surface area contributed by atoms with Crippen molar-refractivity contribution < 1.29 is 45.7 Å². The van der Waals surface area contributed by atoms with E-state index in [2.05, 4.69) is 9.47 Å². The first-order chi connectivity index (χ1) is 14.0. The van der Waals surface area contributed by atoms with Gasteiger partial charge in [0.25, 0.3) is 0 Å². The summed E-state index contributed by atoms with van der Waals surface area (Å²) in [5.74, 6) is -2.69. The lowest BCUT2D eigenvalue weighted by atomic mass is 10.0. The fourth-order valence-corrected chi connectivity index (χ4v) is 2.53. The highest BCUT2D eigenvalue weighted by Crippen LogP contribution is 2.40. The molecular formula is C20H11F6O4. The van der Waals surface area contributed by atoms with Gasteiger partial charge in [-0.2, -0.15) is 0 Å². The van der Waals surface area contributed by atoms with Crippen molar-refractivity contribution >= 4 is 0 Å². The molecule has 0 aromatic heterocycles. The molecule has 0 aliphatic heterocycles. The van der Waals surface area contributed by atoms with Crippen LogP contribution in [-0.4, -0.2) is 12.7 Å². The van der Waals surface area contributed by atoms with Crippen LogP contribution in [-0.2, 0) is 5.11 Å². The standard InChI is InChI=1S/C20H11F6O4/c21-19(22,23)29-14-8-9-17(18(11-14)30-20(24,25)26)28-13-5-3-4-12(10-13)15-6-1-2-7-16(15)27/h1-11H. The van der Waals surface area contributed by atoms with Gasteiger partial charge in [0.15, 0.2) is 17.2 Å². The highest BCUT2D eigenvalue weighted by molar-refractivity contribution is 5.71. The molecule has 4 nitrogen and oxygen atoms in total. The van der Waals surface area contributed by atoms with Crippen LogP contribution in [0, 0.1) is 0 Å². The topological polar surface area (TPSA) is 47.6 Å². The number of halogens is 6. The van der Waals surface area contributed by atoms with E-state index in [1.165, 1.54) is 24.3 Å². The average Bonchev–Trinajstić information content (AvgIpc) is 2.62. The Kier molecular flexibility index (Phi) is 5.68. The molecule has 3 aromatic carbocycles. The van der Waals surface area contributed by atoms with E-state index in [1.54, 1.807) is 24.3 Å². The minimum absolute atomic E-state index is 0.0345. The third-order valence-corrected chi connectivity index (χ3v) is 3.63. The van der Waals surface area contributed by atoms with Gasteiger partial charge < -0.3 is 14.2 Å². The molecule has 0 N–H and O–H groups in total. The summed E-state index contributed by atoms with van der Waals surface area (Å²) in [7, 11) is 0. The zero-order valence-electron chi connectivity index (χ0n) is 14.8. The quantitative estimate of drug-likeness (QED) is 0.407. The maximum atomic E-state index is 12.7. The van der Waals surface area contributed by atoms with Crippen molar-refractivity contribution in [2.45, 2.75) is 12.7 Å². The SMILES string of the molecule is [O]c1ccccc1-c1cccc(Oc2ccc(OC(F)(F)F)cc2OC(F)(F)F)c1. The van der Waals surface area contributed by atoms with Gasteiger partial charge in [-0.05, 0) is 35.9 Å². The Morgan fingerprint density at radius 3 is 2.00 bits per heavy atom. The Labute approximate surface area is 165 Å². The summed E-state index contributed by atoms with van der Waals surface area (Å²) in [5.41, 5.74) is 0.775. The van der Waals surface area contributed by atoms with Crippen molar-refractivity contribution in [1.29, 1.82) is 0 Å². The molecule has 0 fully saturated rings. The van der Waals surface area contributed by atoms with Gasteiger partial charge in [0.2, 0.25) is 0 Å². The van der Waals surface area contributed by atoms with E-state index in [4.69, 9.17) is 4.74 Å². The van der Waals surface area contributed by atoms with E-state index in [-0.39, 0.29) is 11.5 Å². The molecule has 0 saturated heterocycles. The van der Waals surface area contributed by atoms with Crippen LogP contribution < -0.4 is 14.2 Å². The lowest BCUT2D eigenvalue weighted by Crippen LogP contribution is -2.19. The molecule has 0 aliphatic carbocycles. The first kappa shape index (κ1) is 21.2. The van der Waals surface area contributed by atoms with Crippen molar-refractivity contribution in [3.63, 3.8) is 0 Å². The Hall–Kier alpha value is -3.56. The number of ether oxygens (including phenoxy) is 3. The zero-order valence-corrected chi connectivity index (χ0v) is 14.8. The third-order valence-electron chi connectivity index (χ3n) is 3.63. The number of rotatable bonds is 5. The first-order valence-electron chi connectivity index (χ1n) is 8.20. The van der Waals surface area contributed by atoms with E-state index >= 15 is 0 Å². The summed E-state index contributed by atoms with van der Waals surface area (Å²) in [6.45, 7) is 0. The van der Waals surface area contributed by atoms with Crippen molar-refractivity contribution in [3.05, 3.63) is 66.7 Å². The summed E-state index contributed by atoms with van der Waals surface area (Å²) >= 11 is 0. The molecule has 0 atom stereocenters. The molecule has 10 heteroatoms. The molecule has 0 heterocycles. The van der Waals surface area contributed by atoms with Gasteiger partial charge in [0.1, 0.15) is 11.5 Å². The lowest BCUT2D eigenvalue weighted by Gasteiger charge is -2.16. The summed E-state index contributed by atoms with van der Waals surface area (Å²) in [5, 5.41) is 12.0. The molecule has 0 bridgehead atoms. The number of hydrogen-bond donors (Lipinski definition) is 0. The van der Waals surface area contributed by atoms with Crippen LogP contribution in [0.3, 0.4) is 0 Å². The third kappa shape index (κ3) is 5.72. The van der Waals surface area contributed by atoms with Crippen molar-refractivity contribution in [1.82, 2.24) is 0 Å². The Morgan fingerprint density at radius 1 is 0.633 bits per heavy atom. The number of para-hydroxylation sites is 1. The predicted molar refractivity (Wildman–Crippen MR) is 91.9 cm³/mol. The largest absolute Gasteiger partial charge is 0.573 e. The van der Waals surface area contributed by atoms with Gasteiger partial charge in [-0.1, -0.05) is 30.3 Å². The van der Waals surface area contributed by atoms with E-state index in [9.17, 15) is 31.4 Å². The Balaban J connectivity index is 1.94. The van der Waals surface area contributed by atoms with E-state index in [0.29, 0.717) is 17.2 Å². The number of benzene rings is 3. The maximum Gasteiger partial charge on any atom is 0.573 e. The van der Waals surface area contributed by atoms with Crippen molar-refractivity contribution in [2.75, 3.05) is 0 Å². The van der Waals surface area contributed by atoms with E-state index < -0.39 is 30.0 Å². The van der Waals surface area contributed by atoms with Crippen LogP contribution in [0.5, 0.6) is 28.7 Å². The first-order valence-corrected chi connectivity index (χ1v) is 8.20. The summed E-state index contributed by atoms with van der Waals surface area (Å²) in [6, 6.07) is 14.0. The Bertz CT molecular complexity index is 1030. The normalized spacial score (nSPS) is 11.8. The van der Waals surface area contributed by atoms with Crippen molar-refractivity contribution in [2.24, 2.45) is 0 Å². The zero-order chi connectivity index (χ0) is 21.9. The molecule has 0 amide bonds. The van der Waals surface area contributed by atoms with Gasteiger partial charge in [0, 0.05) is 11.6 Å². The minimum Gasteiger partial charge on any atom is -0.453 e. The molecule has 3 rings (SSSR count). The summed E-state index contributed by atoms with van der Waals surface area (Å²) in [6.07, 6.45) is -10.3.